The van der Waals surface area contributed by atoms with Gasteiger partial charge in [0.1, 0.15) is 5.75 Å². The second-order valence-electron chi connectivity index (χ2n) is 3.99. The van der Waals surface area contributed by atoms with Crippen LogP contribution in [-0.4, -0.2) is 7.11 Å². The summed E-state index contributed by atoms with van der Waals surface area (Å²) in [5, 5.41) is 9.94. The number of hydrogen-bond acceptors (Lipinski definition) is 2. The van der Waals surface area contributed by atoms with Gasteiger partial charge in [-0.2, -0.15) is 5.26 Å². The van der Waals surface area contributed by atoms with E-state index in [-0.39, 0.29) is 0 Å². The van der Waals surface area contributed by atoms with Crippen molar-refractivity contribution in [2.45, 2.75) is 6.42 Å². The van der Waals surface area contributed by atoms with E-state index in [1.807, 2.05) is 18.2 Å². The molecule has 0 spiro atoms. The van der Waals surface area contributed by atoms with E-state index in [2.05, 4.69) is 6.07 Å². The minimum absolute atomic E-state index is 0.347. The van der Waals surface area contributed by atoms with Crippen molar-refractivity contribution in [2.75, 3.05) is 7.11 Å². The van der Waals surface area contributed by atoms with Crippen LogP contribution in [0.2, 0.25) is 10.0 Å². The molecule has 19 heavy (non-hydrogen) atoms. The molecule has 0 aliphatic heterocycles. The van der Waals surface area contributed by atoms with Gasteiger partial charge in [-0.1, -0.05) is 35.3 Å². The maximum Gasteiger partial charge on any atom is 0.127 e. The Bertz CT molecular complexity index is 647. The number of methoxy groups -OCH3 is 1. The van der Waals surface area contributed by atoms with E-state index < -0.39 is 0 Å². The van der Waals surface area contributed by atoms with Crippen LogP contribution in [0.15, 0.2) is 36.4 Å². The average Bonchev–Trinajstić information content (AvgIpc) is 2.42. The Balaban J connectivity index is 2.56. The summed E-state index contributed by atoms with van der Waals surface area (Å²) in [5.41, 5.74) is 2.58. The van der Waals surface area contributed by atoms with Crippen LogP contribution in [0.1, 0.15) is 5.56 Å². The topological polar surface area (TPSA) is 33.0 Å². The molecule has 2 rings (SSSR count). The quantitative estimate of drug-likeness (QED) is 0.819. The fraction of sp³-hybridized carbons (Fsp3) is 0.133. The first kappa shape index (κ1) is 13.7. The largest absolute Gasteiger partial charge is 0.496 e. The first-order chi connectivity index (χ1) is 9.15. The molecular weight excluding hydrogens is 281 g/mol. The van der Waals surface area contributed by atoms with Gasteiger partial charge in [0, 0.05) is 21.2 Å². The lowest BCUT2D eigenvalue weighted by molar-refractivity contribution is 0.416. The highest BCUT2D eigenvalue weighted by molar-refractivity contribution is 6.35. The zero-order chi connectivity index (χ0) is 13.8. The summed E-state index contributed by atoms with van der Waals surface area (Å²) < 4.78 is 5.37. The molecule has 0 atom stereocenters. The Labute approximate surface area is 122 Å². The molecule has 4 heteroatoms. The number of hydrogen-bond donors (Lipinski definition) is 0. The summed E-state index contributed by atoms with van der Waals surface area (Å²) in [6, 6.07) is 13.0. The summed E-state index contributed by atoms with van der Waals surface area (Å²) in [5.74, 6) is 0.678. The van der Waals surface area contributed by atoms with E-state index in [0.29, 0.717) is 22.2 Å². The third kappa shape index (κ3) is 3.01. The zero-order valence-corrected chi connectivity index (χ0v) is 11.8. The highest BCUT2D eigenvalue weighted by Crippen LogP contribution is 2.36. The number of halogens is 2. The van der Waals surface area contributed by atoms with Crippen molar-refractivity contribution < 1.29 is 4.74 Å². The fourth-order valence-electron chi connectivity index (χ4n) is 1.86. The Morgan fingerprint density at radius 1 is 1.11 bits per heavy atom. The van der Waals surface area contributed by atoms with Gasteiger partial charge >= 0.3 is 0 Å². The van der Waals surface area contributed by atoms with Crippen molar-refractivity contribution in [3.05, 3.63) is 52.0 Å². The van der Waals surface area contributed by atoms with Crippen LogP contribution >= 0.6 is 23.2 Å². The maximum atomic E-state index is 8.72. The Hall–Kier alpha value is -1.69. The van der Waals surface area contributed by atoms with Gasteiger partial charge in [-0.05, 0) is 29.8 Å². The van der Waals surface area contributed by atoms with E-state index in [1.165, 1.54) is 0 Å². The predicted molar refractivity (Wildman–Crippen MR) is 77.8 cm³/mol. The molecular formula is C15H11Cl2NO. The highest BCUT2D eigenvalue weighted by Gasteiger charge is 2.11. The van der Waals surface area contributed by atoms with Crippen LogP contribution < -0.4 is 4.74 Å². The summed E-state index contributed by atoms with van der Waals surface area (Å²) in [4.78, 5) is 0. The molecule has 2 aromatic rings. The van der Waals surface area contributed by atoms with Crippen LogP contribution in [0, 0.1) is 11.3 Å². The van der Waals surface area contributed by atoms with Crippen molar-refractivity contribution in [2.24, 2.45) is 0 Å². The third-order valence-electron chi connectivity index (χ3n) is 2.77. The van der Waals surface area contributed by atoms with Crippen molar-refractivity contribution in [3.63, 3.8) is 0 Å². The second kappa shape index (κ2) is 5.97. The first-order valence-electron chi connectivity index (χ1n) is 5.65. The SMILES string of the molecule is COc1cc(CC#N)ccc1-c1cc(Cl)ccc1Cl. The van der Waals surface area contributed by atoms with E-state index in [1.54, 1.807) is 25.3 Å². The second-order valence-corrected chi connectivity index (χ2v) is 4.84. The van der Waals surface area contributed by atoms with Crippen LogP contribution in [-0.2, 0) is 6.42 Å². The van der Waals surface area contributed by atoms with Crippen LogP contribution in [0.4, 0.5) is 0 Å². The van der Waals surface area contributed by atoms with Gasteiger partial charge in [0.25, 0.3) is 0 Å². The minimum atomic E-state index is 0.347. The van der Waals surface area contributed by atoms with E-state index >= 15 is 0 Å². The Kier molecular flexibility index (Phi) is 4.31. The first-order valence-corrected chi connectivity index (χ1v) is 6.40. The zero-order valence-electron chi connectivity index (χ0n) is 10.3. The monoisotopic (exact) mass is 291 g/mol. The lowest BCUT2D eigenvalue weighted by Crippen LogP contribution is -1.91. The molecule has 0 aliphatic carbocycles. The molecule has 0 fully saturated rings. The van der Waals surface area contributed by atoms with Crippen molar-refractivity contribution in [1.29, 1.82) is 5.26 Å². The molecule has 0 aromatic heterocycles. The van der Waals surface area contributed by atoms with Crippen molar-refractivity contribution in [3.8, 4) is 22.9 Å². The Morgan fingerprint density at radius 3 is 2.58 bits per heavy atom. The molecule has 0 amide bonds. The third-order valence-corrected chi connectivity index (χ3v) is 3.33. The van der Waals surface area contributed by atoms with Gasteiger partial charge < -0.3 is 4.74 Å². The smallest absolute Gasteiger partial charge is 0.127 e. The number of ether oxygens (including phenoxy) is 1. The molecule has 96 valence electrons. The van der Waals surface area contributed by atoms with Gasteiger partial charge in [0.15, 0.2) is 0 Å². The van der Waals surface area contributed by atoms with E-state index in [9.17, 15) is 0 Å². The molecule has 0 bridgehead atoms. The molecule has 0 heterocycles. The summed E-state index contributed by atoms with van der Waals surface area (Å²) in [6.45, 7) is 0. The van der Waals surface area contributed by atoms with Crippen molar-refractivity contribution >= 4 is 23.2 Å². The Morgan fingerprint density at radius 2 is 1.89 bits per heavy atom. The van der Waals surface area contributed by atoms with Gasteiger partial charge in [0.05, 0.1) is 19.6 Å². The normalized spacial score (nSPS) is 10.0. The van der Waals surface area contributed by atoms with Gasteiger partial charge in [-0.15, -0.1) is 0 Å². The molecule has 0 saturated heterocycles. The molecule has 0 radical (unpaired) electrons. The van der Waals surface area contributed by atoms with Crippen LogP contribution in [0.25, 0.3) is 11.1 Å². The van der Waals surface area contributed by atoms with Gasteiger partial charge in [0.2, 0.25) is 0 Å². The summed E-state index contributed by atoms with van der Waals surface area (Å²) in [7, 11) is 1.59. The molecule has 0 N–H and O–H groups in total. The maximum absolute atomic E-state index is 8.72. The summed E-state index contributed by atoms with van der Waals surface area (Å²) >= 11 is 12.2. The van der Waals surface area contributed by atoms with Gasteiger partial charge in [-0.25, -0.2) is 0 Å². The van der Waals surface area contributed by atoms with E-state index in [4.69, 9.17) is 33.2 Å². The van der Waals surface area contributed by atoms with Gasteiger partial charge in [-0.3, -0.25) is 0 Å². The molecule has 0 unspecified atom stereocenters. The standard InChI is InChI=1S/C15H11Cl2NO/c1-19-15-8-10(6-7-18)2-4-12(15)13-9-11(16)3-5-14(13)17/h2-5,8-9H,6H2,1H3. The average molecular weight is 292 g/mol. The van der Waals surface area contributed by atoms with Crippen LogP contribution in [0.3, 0.4) is 0 Å². The fourth-order valence-corrected chi connectivity index (χ4v) is 2.25. The molecule has 0 aliphatic rings. The van der Waals surface area contributed by atoms with Crippen molar-refractivity contribution in [1.82, 2.24) is 0 Å². The number of rotatable bonds is 3. The highest BCUT2D eigenvalue weighted by atomic mass is 35.5. The predicted octanol–water partition coefficient (Wildman–Crippen LogP) is 4.74. The lowest BCUT2D eigenvalue weighted by Gasteiger charge is -2.11. The van der Waals surface area contributed by atoms with Crippen LogP contribution in [0.5, 0.6) is 5.75 Å². The lowest BCUT2D eigenvalue weighted by atomic mass is 10.0. The van der Waals surface area contributed by atoms with E-state index in [0.717, 1.165) is 16.7 Å². The molecule has 2 aromatic carbocycles. The minimum Gasteiger partial charge on any atom is -0.496 e. The number of nitrogens with zero attached hydrogens (tertiary/aromatic N) is 1. The number of benzene rings is 2. The molecule has 2 nitrogen and oxygen atoms in total. The number of nitriles is 1. The molecule has 0 saturated carbocycles. The summed E-state index contributed by atoms with van der Waals surface area (Å²) in [6.07, 6.45) is 0.347.